The van der Waals surface area contributed by atoms with Crippen LogP contribution in [-0.2, 0) is 0 Å². The van der Waals surface area contributed by atoms with E-state index in [2.05, 4.69) is 40.6 Å². The van der Waals surface area contributed by atoms with Crippen molar-refractivity contribution in [2.45, 2.75) is 20.3 Å². The lowest BCUT2D eigenvalue weighted by Gasteiger charge is -2.13. The van der Waals surface area contributed by atoms with Crippen LogP contribution in [0, 0.1) is 5.92 Å². The van der Waals surface area contributed by atoms with Crippen LogP contribution in [0.5, 0.6) is 17.2 Å². The third kappa shape index (κ3) is 6.39. The molecule has 29 heavy (non-hydrogen) atoms. The predicted octanol–water partition coefficient (Wildman–Crippen LogP) is 3.97. The van der Waals surface area contributed by atoms with Crippen LogP contribution >= 0.6 is 15.9 Å². The zero-order valence-corrected chi connectivity index (χ0v) is 18.5. The molecule has 2 aromatic carbocycles. The number of hydrazine groups is 1. The van der Waals surface area contributed by atoms with E-state index in [9.17, 15) is 9.59 Å². The van der Waals surface area contributed by atoms with Gasteiger partial charge in [-0.1, -0.05) is 13.8 Å². The summed E-state index contributed by atoms with van der Waals surface area (Å²) in [5, 5.41) is 0. The summed E-state index contributed by atoms with van der Waals surface area (Å²) >= 11 is 3.31. The van der Waals surface area contributed by atoms with E-state index < -0.39 is 11.8 Å². The van der Waals surface area contributed by atoms with Crippen LogP contribution in [0.2, 0.25) is 0 Å². The van der Waals surface area contributed by atoms with Gasteiger partial charge in [0.15, 0.2) is 11.5 Å². The zero-order valence-electron chi connectivity index (χ0n) is 16.9. The molecule has 8 heteroatoms. The number of benzene rings is 2. The molecule has 7 nitrogen and oxygen atoms in total. The smallest absolute Gasteiger partial charge is 0.270 e. The van der Waals surface area contributed by atoms with E-state index in [0.717, 1.165) is 6.42 Å². The lowest BCUT2D eigenvalue weighted by molar-refractivity contribution is 0.0846. The summed E-state index contributed by atoms with van der Waals surface area (Å²) in [6, 6.07) is 9.82. The molecular formula is C21H25BrN2O5. The molecule has 0 unspecified atom stereocenters. The number of hydrogen-bond donors (Lipinski definition) is 2. The second kappa shape index (κ2) is 10.7. The van der Waals surface area contributed by atoms with Crippen LogP contribution in [0.4, 0.5) is 0 Å². The van der Waals surface area contributed by atoms with E-state index >= 15 is 0 Å². The number of methoxy groups -OCH3 is 2. The molecular weight excluding hydrogens is 440 g/mol. The SMILES string of the molecule is COc1ccc(Br)c(C(=O)NNC(=O)c2ccc(OCCC(C)C)c(OC)c2)c1. The monoisotopic (exact) mass is 464 g/mol. The fourth-order valence-corrected chi connectivity index (χ4v) is 2.82. The number of hydrogen-bond acceptors (Lipinski definition) is 5. The van der Waals surface area contributed by atoms with Crippen molar-refractivity contribution in [3.8, 4) is 17.2 Å². The van der Waals surface area contributed by atoms with Gasteiger partial charge >= 0.3 is 0 Å². The van der Waals surface area contributed by atoms with Crippen molar-refractivity contribution in [3.05, 3.63) is 52.0 Å². The highest BCUT2D eigenvalue weighted by Gasteiger charge is 2.15. The topological polar surface area (TPSA) is 85.9 Å². The summed E-state index contributed by atoms with van der Waals surface area (Å²) in [6.07, 6.45) is 0.914. The van der Waals surface area contributed by atoms with Crippen molar-refractivity contribution in [3.63, 3.8) is 0 Å². The minimum Gasteiger partial charge on any atom is -0.497 e. The Morgan fingerprint density at radius 3 is 2.34 bits per heavy atom. The standard InChI is InChI=1S/C21H25BrN2O5/c1-13(2)9-10-29-18-8-5-14(11-19(18)28-4)20(25)23-24-21(26)16-12-15(27-3)6-7-17(16)22/h5-8,11-13H,9-10H2,1-4H3,(H,23,25)(H,24,26). The van der Waals surface area contributed by atoms with E-state index in [1.807, 2.05) is 0 Å². The zero-order chi connectivity index (χ0) is 21.4. The van der Waals surface area contributed by atoms with Crippen molar-refractivity contribution < 1.29 is 23.8 Å². The van der Waals surface area contributed by atoms with Gasteiger partial charge in [-0.05, 0) is 64.7 Å². The highest BCUT2D eigenvalue weighted by Crippen LogP contribution is 2.28. The third-order valence-corrected chi connectivity index (χ3v) is 4.78. The average Bonchev–Trinajstić information content (AvgIpc) is 2.72. The second-order valence-corrected chi connectivity index (χ2v) is 7.50. The third-order valence-electron chi connectivity index (χ3n) is 4.09. The Kier molecular flexibility index (Phi) is 8.33. The Hall–Kier alpha value is -2.74. The van der Waals surface area contributed by atoms with Crippen molar-refractivity contribution in [1.82, 2.24) is 10.9 Å². The highest BCUT2D eigenvalue weighted by molar-refractivity contribution is 9.10. The molecule has 156 valence electrons. The van der Waals surface area contributed by atoms with Gasteiger partial charge in [-0.2, -0.15) is 0 Å². The van der Waals surface area contributed by atoms with Crippen LogP contribution < -0.4 is 25.1 Å². The number of amides is 2. The van der Waals surface area contributed by atoms with Gasteiger partial charge in [0, 0.05) is 10.0 Å². The lowest BCUT2D eigenvalue weighted by atomic mass is 10.1. The van der Waals surface area contributed by atoms with Gasteiger partial charge in [-0.25, -0.2) is 0 Å². The molecule has 2 amide bonds. The first-order valence-electron chi connectivity index (χ1n) is 9.10. The molecule has 0 fully saturated rings. The molecule has 0 saturated carbocycles. The van der Waals surface area contributed by atoms with Gasteiger partial charge in [0.1, 0.15) is 5.75 Å². The Morgan fingerprint density at radius 1 is 0.966 bits per heavy atom. The van der Waals surface area contributed by atoms with Crippen LogP contribution in [0.15, 0.2) is 40.9 Å². The van der Waals surface area contributed by atoms with Crippen LogP contribution in [0.1, 0.15) is 41.0 Å². The Morgan fingerprint density at radius 2 is 1.69 bits per heavy atom. The summed E-state index contributed by atoms with van der Waals surface area (Å²) in [7, 11) is 3.02. The summed E-state index contributed by atoms with van der Waals surface area (Å²) < 4.78 is 16.7. The van der Waals surface area contributed by atoms with E-state index in [0.29, 0.717) is 45.4 Å². The maximum atomic E-state index is 12.4. The Balaban J connectivity index is 2.02. The molecule has 0 atom stereocenters. The molecule has 0 radical (unpaired) electrons. The molecule has 0 spiro atoms. The fourth-order valence-electron chi connectivity index (χ4n) is 2.39. The fraction of sp³-hybridized carbons (Fsp3) is 0.333. The van der Waals surface area contributed by atoms with Gasteiger partial charge in [0.05, 0.1) is 26.4 Å². The van der Waals surface area contributed by atoms with Crippen LogP contribution in [-0.4, -0.2) is 32.6 Å². The van der Waals surface area contributed by atoms with Gasteiger partial charge in [-0.3, -0.25) is 20.4 Å². The minimum absolute atomic E-state index is 0.322. The second-order valence-electron chi connectivity index (χ2n) is 6.65. The molecule has 2 aromatic rings. The van der Waals surface area contributed by atoms with Gasteiger partial charge in [0.25, 0.3) is 11.8 Å². The normalized spacial score (nSPS) is 10.4. The quantitative estimate of drug-likeness (QED) is 0.577. The largest absolute Gasteiger partial charge is 0.497 e. The summed E-state index contributed by atoms with van der Waals surface area (Å²) in [6.45, 7) is 4.80. The number of halogens is 1. The molecule has 2 N–H and O–H groups in total. The first-order chi connectivity index (χ1) is 13.8. The maximum Gasteiger partial charge on any atom is 0.270 e. The van der Waals surface area contributed by atoms with E-state index in [-0.39, 0.29) is 0 Å². The number of ether oxygens (including phenoxy) is 3. The predicted molar refractivity (Wildman–Crippen MR) is 114 cm³/mol. The summed E-state index contributed by atoms with van der Waals surface area (Å²) in [4.78, 5) is 24.8. The summed E-state index contributed by atoms with van der Waals surface area (Å²) in [5.41, 5.74) is 5.44. The molecule has 0 aliphatic carbocycles. The van der Waals surface area contributed by atoms with Crippen molar-refractivity contribution >= 4 is 27.7 Å². The van der Waals surface area contributed by atoms with Crippen molar-refractivity contribution in [1.29, 1.82) is 0 Å². The first-order valence-corrected chi connectivity index (χ1v) is 9.90. The van der Waals surface area contributed by atoms with E-state index in [4.69, 9.17) is 14.2 Å². The molecule has 0 saturated heterocycles. The van der Waals surface area contributed by atoms with Gasteiger partial charge < -0.3 is 14.2 Å². The minimum atomic E-state index is -0.482. The molecule has 0 aromatic heterocycles. The van der Waals surface area contributed by atoms with Crippen molar-refractivity contribution in [2.75, 3.05) is 20.8 Å². The lowest BCUT2D eigenvalue weighted by Crippen LogP contribution is -2.41. The highest BCUT2D eigenvalue weighted by atomic mass is 79.9. The molecule has 0 aliphatic rings. The maximum absolute atomic E-state index is 12.4. The number of nitrogens with one attached hydrogen (secondary N) is 2. The molecule has 0 bridgehead atoms. The summed E-state index contributed by atoms with van der Waals surface area (Å²) in [5.74, 6) is 1.10. The Labute approximate surface area is 178 Å². The average molecular weight is 465 g/mol. The van der Waals surface area contributed by atoms with Crippen LogP contribution in [0.25, 0.3) is 0 Å². The van der Waals surface area contributed by atoms with Crippen molar-refractivity contribution in [2.24, 2.45) is 5.92 Å². The molecule has 2 rings (SSSR count). The van der Waals surface area contributed by atoms with E-state index in [1.54, 1.807) is 36.4 Å². The van der Waals surface area contributed by atoms with Crippen LogP contribution in [0.3, 0.4) is 0 Å². The van der Waals surface area contributed by atoms with Gasteiger partial charge in [-0.15, -0.1) is 0 Å². The van der Waals surface area contributed by atoms with Gasteiger partial charge in [0.2, 0.25) is 0 Å². The first kappa shape index (κ1) is 22.5. The Bertz CT molecular complexity index is 870. The molecule has 0 aliphatic heterocycles. The van der Waals surface area contributed by atoms with E-state index in [1.165, 1.54) is 14.2 Å². The molecule has 0 heterocycles. The number of carbonyl (C=O) groups excluding carboxylic acids is 2. The number of rotatable bonds is 8. The number of carbonyl (C=O) groups is 2.